The Hall–Kier alpha value is -1.37. The van der Waals surface area contributed by atoms with Gasteiger partial charge in [0, 0.05) is 23.8 Å². The lowest BCUT2D eigenvalue weighted by Gasteiger charge is -2.19. The average Bonchev–Trinajstić information content (AvgIpc) is 2.43. The van der Waals surface area contributed by atoms with Gasteiger partial charge in [-0.1, -0.05) is 24.3 Å². The van der Waals surface area contributed by atoms with E-state index in [0.29, 0.717) is 16.7 Å². The first-order valence-electron chi connectivity index (χ1n) is 6.38. The number of hydrogen-bond acceptors (Lipinski definition) is 3. The lowest BCUT2D eigenvalue weighted by atomic mass is 10.1. The molecular weight excluding hydrogens is 352 g/mol. The molecule has 0 saturated carbocycles. The molecule has 0 aliphatic heterocycles. The minimum absolute atomic E-state index is 0.179. The first kappa shape index (κ1) is 16.0. The van der Waals surface area contributed by atoms with Gasteiger partial charge in [0.05, 0.1) is 4.90 Å². The minimum atomic E-state index is -3.60. The summed E-state index contributed by atoms with van der Waals surface area (Å²) in [6, 6.07) is 12.5. The Kier molecular flexibility index (Phi) is 4.70. The van der Waals surface area contributed by atoms with Crippen molar-refractivity contribution in [2.24, 2.45) is 0 Å². The summed E-state index contributed by atoms with van der Waals surface area (Å²) in [7, 11) is -2.03. The summed E-state index contributed by atoms with van der Waals surface area (Å²) in [5.74, 6) is 0. The molecule has 0 amide bonds. The zero-order valence-corrected chi connectivity index (χ0v) is 14.3. The van der Waals surface area contributed by atoms with Crippen LogP contribution in [-0.2, 0) is 16.6 Å². The van der Waals surface area contributed by atoms with Crippen molar-refractivity contribution in [3.8, 4) is 0 Å². The summed E-state index contributed by atoms with van der Waals surface area (Å²) < 4.78 is 27.2. The van der Waals surface area contributed by atoms with Crippen LogP contribution >= 0.6 is 15.9 Å². The van der Waals surface area contributed by atoms with Gasteiger partial charge in [0.25, 0.3) is 0 Å². The zero-order chi connectivity index (χ0) is 15.6. The van der Waals surface area contributed by atoms with E-state index in [4.69, 9.17) is 5.73 Å². The van der Waals surface area contributed by atoms with Crippen LogP contribution < -0.4 is 5.73 Å². The molecule has 2 aromatic carbocycles. The van der Waals surface area contributed by atoms with Crippen molar-refractivity contribution in [2.75, 3.05) is 12.8 Å². The Balaban J connectivity index is 2.35. The van der Waals surface area contributed by atoms with E-state index in [9.17, 15) is 8.42 Å². The maximum Gasteiger partial charge on any atom is 0.244 e. The summed E-state index contributed by atoms with van der Waals surface area (Å²) in [5, 5.41) is 0. The van der Waals surface area contributed by atoms with Gasteiger partial charge in [-0.15, -0.1) is 0 Å². The molecule has 112 valence electrons. The smallest absolute Gasteiger partial charge is 0.244 e. The second kappa shape index (κ2) is 6.17. The normalized spacial score (nSPS) is 11.8. The molecule has 0 bridgehead atoms. The SMILES string of the molecule is Cc1ccccc1CN(C)S(=O)(=O)c1cc(N)ccc1Br. The third-order valence-corrected chi connectivity index (χ3v) is 6.10. The predicted octanol–water partition coefficient (Wildman–Crippen LogP) is 3.16. The third kappa shape index (κ3) is 3.45. The number of hydrogen-bond donors (Lipinski definition) is 1. The van der Waals surface area contributed by atoms with Gasteiger partial charge >= 0.3 is 0 Å². The number of nitrogens with zero attached hydrogens (tertiary/aromatic N) is 1. The van der Waals surface area contributed by atoms with Crippen molar-refractivity contribution in [1.82, 2.24) is 4.31 Å². The van der Waals surface area contributed by atoms with Crippen LogP contribution in [0.5, 0.6) is 0 Å². The van der Waals surface area contributed by atoms with Crippen molar-refractivity contribution in [3.63, 3.8) is 0 Å². The molecule has 0 saturated heterocycles. The van der Waals surface area contributed by atoms with E-state index in [1.807, 2.05) is 31.2 Å². The van der Waals surface area contributed by atoms with Gasteiger partial charge in [-0.05, 0) is 52.2 Å². The number of anilines is 1. The molecule has 0 heterocycles. The number of aryl methyl sites for hydroxylation is 1. The van der Waals surface area contributed by atoms with E-state index in [0.717, 1.165) is 11.1 Å². The van der Waals surface area contributed by atoms with E-state index in [1.165, 1.54) is 10.4 Å². The minimum Gasteiger partial charge on any atom is -0.399 e. The zero-order valence-electron chi connectivity index (χ0n) is 11.9. The van der Waals surface area contributed by atoms with E-state index in [2.05, 4.69) is 15.9 Å². The molecule has 0 spiro atoms. The summed E-state index contributed by atoms with van der Waals surface area (Å²) in [6.45, 7) is 2.28. The highest BCUT2D eigenvalue weighted by Gasteiger charge is 2.24. The predicted molar refractivity (Wildman–Crippen MR) is 88.4 cm³/mol. The first-order chi connectivity index (χ1) is 9.82. The van der Waals surface area contributed by atoms with Crippen LogP contribution in [-0.4, -0.2) is 19.8 Å². The Labute approximate surface area is 133 Å². The number of sulfonamides is 1. The summed E-state index contributed by atoms with van der Waals surface area (Å²) in [5.41, 5.74) is 8.15. The molecule has 0 aliphatic rings. The molecule has 4 nitrogen and oxygen atoms in total. The fraction of sp³-hybridized carbons (Fsp3) is 0.200. The largest absolute Gasteiger partial charge is 0.399 e. The monoisotopic (exact) mass is 368 g/mol. The topological polar surface area (TPSA) is 63.4 Å². The van der Waals surface area contributed by atoms with Crippen LogP contribution in [0.25, 0.3) is 0 Å². The molecule has 0 aliphatic carbocycles. The molecule has 6 heteroatoms. The summed E-state index contributed by atoms with van der Waals surface area (Å²) >= 11 is 3.27. The Bertz CT molecular complexity index is 760. The molecule has 21 heavy (non-hydrogen) atoms. The molecule has 2 aromatic rings. The maximum absolute atomic E-state index is 12.7. The molecular formula is C15H17BrN2O2S. The molecule has 0 atom stereocenters. The second-order valence-corrected chi connectivity index (χ2v) is 7.75. The van der Waals surface area contributed by atoms with Gasteiger partial charge in [0.15, 0.2) is 0 Å². The lowest BCUT2D eigenvalue weighted by Crippen LogP contribution is -2.27. The Morgan fingerprint density at radius 3 is 2.52 bits per heavy atom. The van der Waals surface area contributed by atoms with Crippen LogP contribution in [0.15, 0.2) is 51.8 Å². The van der Waals surface area contributed by atoms with Crippen molar-refractivity contribution in [2.45, 2.75) is 18.4 Å². The van der Waals surface area contributed by atoms with Gasteiger partial charge in [0.1, 0.15) is 0 Å². The molecule has 2 N–H and O–H groups in total. The van der Waals surface area contributed by atoms with Gasteiger partial charge in [0.2, 0.25) is 10.0 Å². The molecule has 0 fully saturated rings. The van der Waals surface area contributed by atoms with Crippen molar-refractivity contribution in [1.29, 1.82) is 0 Å². The molecule has 0 unspecified atom stereocenters. The quantitative estimate of drug-likeness (QED) is 0.842. The fourth-order valence-electron chi connectivity index (χ4n) is 2.00. The van der Waals surface area contributed by atoms with Crippen LogP contribution in [0, 0.1) is 6.92 Å². The van der Waals surface area contributed by atoms with Gasteiger partial charge in [-0.2, -0.15) is 4.31 Å². The van der Waals surface area contributed by atoms with Gasteiger partial charge < -0.3 is 5.73 Å². The Morgan fingerprint density at radius 1 is 1.19 bits per heavy atom. The number of rotatable bonds is 4. The maximum atomic E-state index is 12.7. The number of nitrogen functional groups attached to an aromatic ring is 1. The van der Waals surface area contributed by atoms with E-state index in [1.54, 1.807) is 19.2 Å². The summed E-state index contributed by atoms with van der Waals surface area (Å²) in [4.78, 5) is 0.179. The molecule has 0 radical (unpaired) electrons. The standard InChI is InChI=1S/C15H17BrN2O2S/c1-11-5-3-4-6-12(11)10-18(2)21(19,20)15-9-13(17)7-8-14(15)16/h3-9H,10,17H2,1-2H3. The Morgan fingerprint density at radius 2 is 1.86 bits per heavy atom. The molecule has 2 rings (SSSR count). The van der Waals surface area contributed by atoms with Gasteiger partial charge in [-0.25, -0.2) is 8.42 Å². The van der Waals surface area contributed by atoms with Crippen molar-refractivity contribution >= 4 is 31.6 Å². The van der Waals surface area contributed by atoms with Crippen LogP contribution in [0.4, 0.5) is 5.69 Å². The van der Waals surface area contributed by atoms with Crippen LogP contribution in [0.2, 0.25) is 0 Å². The van der Waals surface area contributed by atoms with E-state index >= 15 is 0 Å². The lowest BCUT2D eigenvalue weighted by molar-refractivity contribution is 0.465. The number of benzene rings is 2. The van der Waals surface area contributed by atoms with E-state index in [-0.39, 0.29) is 4.90 Å². The van der Waals surface area contributed by atoms with Gasteiger partial charge in [-0.3, -0.25) is 0 Å². The first-order valence-corrected chi connectivity index (χ1v) is 8.61. The number of halogens is 1. The summed E-state index contributed by atoms with van der Waals surface area (Å²) in [6.07, 6.45) is 0. The van der Waals surface area contributed by atoms with Crippen LogP contribution in [0.3, 0.4) is 0 Å². The van der Waals surface area contributed by atoms with Crippen molar-refractivity contribution < 1.29 is 8.42 Å². The molecule has 0 aromatic heterocycles. The van der Waals surface area contributed by atoms with E-state index < -0.39 is 10.0 Å². The third-order valence-electron chi connectivity index (χ3n) is 3.30. The highest BCUT2D eigenvalue weighted by Crippen LogP contribution is 2.27. The second-order valence-electron chi connectivity index (χ2n) is 4.88. The number of nitrogens with two attached hydrogens (primary N) is 1. The average molecular weight is 369 g/mol. The highest BCUT2D eigenvalue weighted by molar-refractivity contribution is 9.10. The van der Waals surface area contributed by atoms with Crippen LogP contribution in [0.1, 0.15) is 11.1 Å². The fourth-order valence-corrected chi connectivity index (χ4v) is 4.10. The highest BCUT2D eigenvalue weighted by atomic mass is 79.9. The van der Waals surface area contributed by atoms with Crippen molar-refractivity contribution in [3.05, 3.63) is 58.1 Å².